The van der Waals surface area contributed by atoms with Crippen LogP contribution in [0.2, 0.25) is 5.02 Å². The van der Waals surface area contributed by atoms with Crippen LogP contribution in [0.5, 0.6) is 5.75 Å². The second-order valence-corrected chi connectivity index (χ2v) is 2.95. The van der Waals surface area contributed by atoms with E-state index in [1.54, 1.807) is 0 Å². The molecule has 0 spiro atoms. The van der Waals surface area contributed by atoms with Crippen molar-refractivity contribution in [2.75, 3.05) is 7.11 Å². The van der Waals surface area contributed by atoms with Crippen LogP contribution in [0.4, 0.5) is 8.78 Å². The Hall–Kier alpha value is -1.45. The van der Waals surface area contributed by atoms with Crippen molar-refractivity contribution in [3.05, 3.63) is 28.3 Å². The van der Waals surface area contributed by atoms with Crippen LogP contribution in [0.1, 0.15) is 5.56 Å². The van der Waals surface area contributed by atoms with Crippen molar-refractivity contribution in [1.82, 2.24) is 0 Å². The molecule has 0 aliphatic rings. The van der Waals surface area contributed by atoms with Crippen molar-refractivity contribution >= 4 is 17.7 Å². The Balaban J connectivity index is 3.28. The van der Waals surface area contributed by atoms with E-state index in [1.165, 1.54) is 13.2 Å². The summed E-state index contributed by atoms with van der Waals surface area (Å²) in [6.07, 6.45) is 1.19. The van der Waals surface area contributed by atoms with Crippen LogP contribution in [-0.4, -0.2) is 13.2 Å². The first-order chi connectivity index (χ1) is 7.11. The van der Waals surface area contributed by atoms with Gasteiger partial charge in [-0.2, -0.15) is 0 Å². The Morgan fingerprint density at radius 2 is 2.27 bits per heavy atom. The van der Waals surface area contributed by atoms with Gasteiger partial charge in [-0.3, -0.25) is 0 Å². The van der Waals surface area contributed by atoms with E-state index in [9.17, 15) is 13.6 Å². The molecule has 0 saturated carbocycles. The van der Waals surface area contributed by atoms with Crippen LogP contribution in [0.25, 0.3) is 0 Å². The maximum Gasteiger partial charge on any atom is 0.235 e. The number of methoxy groups -OCH3 is 1. The lowest BCUT2D eigenvalue weighted by molar-refractivity contribution is 0.405. The molecule has 0 aromatic heterocycles. The number of isocyanates is 1. The number of aliphatic imine (C=N–C) groups is 1. The lowest BCUT2D eigenvalue weighted by atomic mass is 10.2. The molecule has 0 amide bonds. The molecule has 0 unspecified atom stereocenters. The van der Waals surface area contributed by atoms with Gasteiger partial charge in [-0.1, -0.05) is 11.6 Å². The van der Waals surface area contributed by atoms with E-state index >= 15 is 0 Å². The van der Waals surface area contributed by atoms with Crippen LogP contribution in [0.3, 0.4) is 0 Å². The zero-order valence-electron chi connectivity index (χ0n) is 7.68. The molecule has 0 fully saturated rings. The molecular weight excluding hydrogens is 228 g/mol. The molecule has 6 heteroatoms. The van der Waals surface area contributed by atoms with Gasteiger partial charge in [0.1, 0.15) is 16.6 Å². The normalized spacial score (nSPS) is 9.60. The third kappa shape index (κ3) is 2.32. The summed E-state index contributed by atoms with van der Waals surface area (Å²) in [5.41, 5.74) is -0.385. The number of hydrogen-bond acceptors (Lipinski definition) is 3. The Morgan fingerprint density at radius 3 is 2.80 bits per heavy atom. The lowest BCUT2D eigenvalue weighted by Crippen LogP contribution is -1.98. The molecule has 0 atom stereocenters. The summed E-state index contributed by atoms with van der Waals surface area (Å²) in [4.78, 5) is 12.9. The predicted octanol–water partition coefficient (Wildman–Crippen LogP) is 2.46. The summed E-state index contributed by atoms with van der Waals surface area (Å²) in [6.45, 7) is -0.440. The third-order valence-electron chi connectivity index (χ3n) is 1.74. The van der Waals surface area contributed by atoms with Gasteiger partial charge in [-0.25, -0.2) is 18.6 Å². The zero-order chi connectivity index (χ0) is 11.4. The van der Waals surface area contributed by atoms with Gasteiger partial charge < -0.3 is 4.74 Å². The Morgan fingerprint density at radius 1 is 1.60 bits per heavy atom. The van der Waals surface area contributed by atoms with Crippen LogP contribution in [0.15, 0.2) is 11.1 Å². The lowest BCUT2D eigenvalue weighted by Gasteiger charge is -2.07. The standard InChI is InChI=1S/C9H6ClF2NO2/c1-15-7-2-6(11)5(3-13-4-14)9(12)8(7)10/h2H,3H2,1H3. The number of nitrogens with zero attached hydrogens (tertiary/aromatic N) is 1. The molecule has 15 heavy (non-hydrogen) atoms. The van der Waals surface area contributed by atoms with E-state index in [0.717, 1.165) is 6.07 Å². The molecule has 1 aromatic rings. The predicted molar refractivity (Wildman–Crippen MR) is 49.7 cm³/mol. The van der Waals surface area contributed by atoms with Gasteiger partial charge in [0.15, 0.2) is 5.82 Å². The fourth-order valence-electron chi connectivity index (χ4n) is 1.02. The van der Waals surface area contributed by atoms with Gasteiger partial charge in [-0.05, 0) is 0 Å². The third-order valence-corrected chi connectivity index (χ3v) is 2.09. The quantitative estimate of drug-likeness (QED) is 0.457. The summed E-state index contributed by atoms with van der Waals surface area (Å²) in [6, 6.07) is 0.932. The highest BCUT2D eigenvalue weighted by atomic mass is 35.5. The van der Waals surface area contributed by atoms with Crippen molar-refractivity contribution in [2.24, 2.45) is 4.99 Å². The SMILES string of the molecule is COc1cc(F)c(CN=C=O)c(F)c1Cl. The average molecular weight is 234 g/mol. The van der Waals surface area contributed by atoms with Gasteiger partial charge >= 0.3 is 0 Å². The number of ether oxygens (including phenoxy) is 1. The van der Waals surface area contributed by atoms with Crippen molar-refractivity contribution < 1.29 is 18.3 Å². The first kappa shape index (κ1) is 11.6. The molecule has 0 saturated heterocycles. The van der Waals surface area contributed by atoms with Gasteiger partial charge in [0.05, 0.1) is 13.7 Å². The second-order valence-electron chi connectivity index (χ2n) is 2.57. The fourth-order valence-corrected chi connectivity index (χ4v) is 1.26. The van der Waals surface area contributed by atoms with Crippen molar-refractivity contribution in [1.29, 1.82) is 0 Å². The average Bonchev–Trinajstić information content (AvgIpc) is 2.23. The first-order valence-corrected chi connectivity index (χ1v) is 4.23. The van der Waals surface area contributed by atoms with Gasteiger partial charge in [0, 0.05) is 11.6 Å². The largest absolute Gasteiger partial charge is 0.495 e. The molecule has 0 aliphatic heterocycles. The monoisotopic (exact) mass is 233 g/mol. The summed E-state index contributed by atoms with van der Waals surface area (Å²) in [5.74, 6) is -1.95. The smallest absolute Gasteiger partial charge is 0.235 e. The number of hydrogen-bond donors (Lipinski definition) is 0. The number of halogens is 3. The zero-order valence-corrected chi connectivity index (χ0v) is 8.44. The summed E-state index contributed by atoms with van der Waals surface area (Å²) < 4.78 is 31.3. The minimum absolute atomic E-state index is 0.106. The molecule has 1 aromatic carbocycles. The van der Waals surface area contributed by atoms with Gasteiger partial charge in [0.2, 0.25) is 6.08 Å². The maximum absolute atomic E-state index is 13.4. The molecule has 1 rings (SSSR count). The molecule has 0 N–H and O–H groups in total. The van der Waals surface area contributed by atoms with Crippen LogP contribution in [-0.2, 0) is 11.3 Å². The minimum Gasteiger partial charge on any atom is -0.495 e. The Labute approximate surface area is 89.3 Å². The number of carbonyl (C=O) groups excluding carboxylic acids is 1. The van der Waals surface area contributed by atoms with E-state index in [-0.39, 0.29) is 16.3 Å². The highest BCUT2D eigenvalue weighted by Gasteiger charge is 2.17. The van der Waals surface area contributed by atoms with Crippen molar-refractivity contribution in [2.45, 2.75) is 6.54 Å². The molecule has 3 nitrogen and oxygen atoms in total. The van der Waals surface area contributed by atoms with Crippen molar-refractivity contribution in [3.8, 4) is 5.75 Å². The topological polar surface area (TPSA) is 38.7 Å². The van der Waals surface area contributed by atoms with E-state index in [2.05, 4.69) is 9.73 Å². The van der Waals surface area contributed by atoms with Gasteiger partial charge in [-0.15, -0.1) is 0 Å². The molecule has 0 aliphatic carbocycles. The van der Waals surface area contributed by atoms with E-state index < -0.39 is 18.2 Å². The number of benzene rings is 1. The highest BCUT2D eigenvalue weighted by molar-refractivity contribution is 6.32. The van der Waals surface area contributed by atoms with Crippen molar-refractivity contribution in [3.63, 3.8) is 0 Å². The minimum atomic E-state index is -0.979. The second kappa shape index (κ2) is 4.87. The van der Waals surface area contributed by atoms with Crippen LogP contribution >= 0.6 is 11.6 Å². The first-order valence-electron chi connectivity index (χ1n) is 3.85. The highest BCUT2D eigenvalue weighted by Crippen LogP contribution is 2.31. The van der Waals surface area contributed by atoms with E-state index in [1.807, 2.05) is 0 Å². The summed E-state index contributed by atoms with van der Waals surface area (Å²) in [7, 11) is 1.24. The Kier molecular flexibility index (Phi) is 3.77. The molecule has 0 radical (unpaired) electrons. The molecule has 0 bridgehead atoms. The summed E-state index contributed by atoms with van der Waals surface area (Å²) >= 11 is 5.54. The van der Waals surface area contributed by atoms with Gasteiger partial charge in [0.25, 0.3) is 0 Å². The summed E-state index contributed by atoms with van der Waals surface area (Å²) in [5, 5.41) is -0.338. The van der Waals surface area contributed by atoms with Crippen LogP contribution < -0.4 is 4.74 Å². The number of rotatable bonds is 3. The van der Waals surface area contributed by atoms with E-state index in [4.69, 9.17) is 11.6 Å². The van der Waals surface area contributed by atoms with Crippen LogP contribution in [0, 0.1) is 11.6 Å². The maximum atomic E-state index is 13.4. The van der Waals surface area contributed by atoms with E-state index in [0.29, 0.717) is 0 Å². The molecular formula is C9H6ClF2NO2. The molecule has 80 valence electrons. The molecule has 0 heterocycles. The Bertz CT molecular complexity index is 431. The fraction of sp³-hybridized carbons (Fsp3) is 0.222.